The quantitative estimate of drug-likeness (QED) is 0.274. The number of nitrogens with zero attached hydrogens (tertiary/aromatic N) is 1. The molecule has 1 N–H and O–H groups in total. The third kappa shape index (κ3) is 8.34. The number of hydrogen-bond acceptors (Lipinski definition) is 2. The molecule has 0 aliphatic rings. The molecule has 1 atom stereocenters. The molecule has 2 amide bonds. The zero-order valence-corrected chi connectivity index (χ0v) is 23.1. The Morgan fingerprint density at radius 1 is 0.861 bits per heavy atom. The lowest BCUT2D eigenvalue weighted by molar-refractivity contribution is -0.141. The minimum Gasteiger partial charge on any atom is -0.354 e. The van der Waals surface area contributed by atoms with Crippen molar-refractivity contribution < 1.29 is 9.59 Å². The van der Waals surface area contributed by atoms with E-state index in [1.165, 1.54) is 5.56 Å². The van der Waals surface area contributed by atoms with Crippen LogP contribution in [-0.2, 0) is 29.0 Å². The molecular formula is C31H37BrN2O2. The summed E-state index contributed by atoms with van der Waals surface area (Å²) in [7, 11) is 0. The number of carbonyl (C=O) groups excluding carboxylic acids is 2. The van der Waals surface area contributed by atoms with Crippen molar-refractivity contribution in [3.8, 4) is 0 Å². The number of halogens is 1. The van der Waals surface area contributed by atoms with Gasteiger partial charge in [0.05, 0.1) is 0 Å². The molecule has 0 aliphatic heterocycles. The lowest BCUT2D eigenvalue weighted by atomic mass is 9.99. The molecule has 0 bridgehead atoms. The molecule has 3 aromatic carbocycles. The van der Waals surface area contributed by atoms with Crippen molar-refractivity contribution in [3.63, 3.8) is 0 Å². The van der Waals surface area contributed by atoms with Crippen molar-refractivity contribution >= 4 is 27.7 Å². The Hall–Kier alpha value is -2.92. The molecule has 0 spiro atoms. The van der Waals surface area contributed by atoms with Crippen molar-refractivity contribution in [2.75, 3.05) is 6.54 Å². The van der Waals surface area contributed by atoms with Crippen LogP contribution < -0.4 is 5.32 Å². The molecule has 0 aliphatic carbocycles. The van der Waals surface area contributed by atoms with Crippen molar-refractivity contribution in [1.29, 1.82) is 0 Å². The molecule has 36 heavy (non-hydrogen) atoms. The molecule has 5 heteroatoms. The zero-order valence-electron chi connectivity index (χ0n) is 21.5. The van der Waals surface area contributed by atoms with E-state index in [4.69, 9.17) is 0 Å². The average molecular weight is 550 g/mol. The summed E-state index contributed by atoms with van der Waals surface area (Å²) in [6.07, 6.45) is 2.31. The van der Waals surface area contributed by atoms with Crippen LogP contribution in [0.5, 0.6) is 0 Å². The molecule has 0 aromatic heterocycles. The average Bonchev–Trinajstić information content (AvgIpc) is 2.89. The predicted molar refractivity (Wildman–Crippen MR) is 151 cm³/mol. The van der Waals surface area contributed by atoms with Crippen LogP contribution in [0, 0.1) is 0 Å². The maximum absolute atomic E-state index is 13.7. The second-order valence-electron chi connectivity index (χ2n) is 9.54. The lowest BCUT2D eigenvalue weighted by Gasteiger charge is -2.31. The summed E-state index contributed by atoms with van der Waals surface area (Å²) in [6, 6.07) is 25.8. The molecule has 0 saturated carbocycles. The van der Waals surface area contributed by atoms with Crippen LogP contribution in [0.25, 0.3) is 0 Å². The van der Waals surface area contributed by atoms with Crippen LogP contribution in [0.3, 0.4) is 0 Å². The molecule has 190 valence electrons. The number of nitrogens with one attached hydrogen (secondary N) is 1. The van der Waals surface area contributed by atoms with E-state index in [0.29, 0.717) is 38.3 Å². The number of aryl methyl sites for hydroxylation is 1. The van der Waals surface area contributed by atoms with E-state index in [1.54, 1.807) is 4.90 Å². The van der Waals surface area contributed by atoms with Gasteiger partial charge in [0.1, 0.15) is 6.04 Å². The van der Waals surface area contributed by atoms with Crippen molar-refractivity contribution in [2.24, 2.45) is 0 Å². The van der Waals surface area contributed by atoms with E-state index in [9.17, 15) is 9.59 Å². The van der Waals surface area contributed by atoms with E-state index >= 15 is 0 Å². The van der Waals surface area contributed by atoms with Gasteiger partial charge in [-0.3, -0.25) is 9.59 Å². The van der Waals surface area contributed by atoms with Gasteiger partial charge >= 0.3 is 0 Å². The SMILES string of the molecule is CCCNC(=O)[C@@H](Cc1ccccc1)N(Cc1ccc(Br)cc1)C(=O)CCc1ccc(C(C)C)cc1. The molecule has 0 radical (unpaired) electrons. The summed E-state index contributed by atoms with van der Waals surface area (Å²) < 4.78 is 0.982. The van der Waals surface area contributed by atoms with Gasteiger partial charge in [-0.1, -0.05) is 103 Å². The van der Waals surface area contributed by atoms with Gasteiger partial charge in [0, 0.05) is 30.4 Å². The fourth-order valence-electron chi connectivity index (χ4n) is 4.17. The van der Waals surface area contributed by atoms with Crippen molar-refractivity contribution in [2.45, 2.75) is 65.0 Å². The van der Waals surface area contributed by atoms with E-state index < -0.39 is 6.04 Å². The molecule has 0 heterocycles. The minimum atomic E-state index is -0.585. The Labute approximate surface area is 224 Å². The Balaban J connectivity index is 1.85. The Bertz CT molecular complexity index is 1100. The largest absolute Gasteiger partial charge is 0.354 e. The first-order chi connectivity index (χ1) is 17.4. The van der Waals surface area contributed by atoms with Crippen LogP contribution in [0.15, 0.2) is 83.3 Å². The molecular weight excluding hydrogens is 512 g/mol. The summed E-state index contributed by atoms with van der Waals surface area (Å²) in [5.74, 6) is 0.355. The first-order valence-electron chi connectivity index (χ1n) is 12.8. The van der Waals surface area contributed by atoms with Gasteiger partial charge in [-0.2, -0.15) is 0 Å². The normalized spacial score (nSPS) is 11.8. The molecule has 0 fully saturated rings. The Kier molecular flexibility index (Phi) is 10.7. The van der Waals surface area contributed by atoms with Gasteiger partial charge in [0.15, 0.2) is 0 Å². The summed E-state index contributed by atoms with van der Waals surface area (Å²) in [5.41, 5.74) is 4.45. The summed E-state index contributed by atoms with van der Waals surface area (Å²) >= 11 is 3.49. The molecule has 4 nitrogen and oxygen atoms in total. The molecule has 0 saturated heterocycles. The van der Waals surface area contributed by atoms with Gasteiger partial charge in [-0.25, -0.2) is 0 Å². The van der Waals surface area contributed by atoms with Gasteiger partial charge in [0.25, 0.3) is 0 Å². The Morgan fingerprint density at radius 2 is 1.50 bits per heavy atom. The maximum atomic E-state index is 13.7. The molecule has 3 rings (SSSR count). The summed E-state index contributed by atoms with van der Waals surface area (Å²) in [5, 5.41) is 3.03. The van der Waals surface area contributed by atoms with E-state index in [0.717, 1.165) is 27.6 Å². The summed E-state index contributed by atoms with van der Waals surface area (Å²) in [4.78, 5) is 28.8. The Morgan fingerprint density at radius 3 is 2.11 bits per heavy atom. The zero-order chi connectivity index (χ0) is 25.9. The van der Waals surface area contributed by atoms with Crippen LogP contribution >= 0.6 is 15.9 Å². The lowest BCUT2D eigenvalue weighted by Crippen LogP contribution is -2.50. The van der Waals surface area contributed by atoms with E-state index in [2.05, 4.69) is 59.4 Å². The number of hydrogen-bond donors (Lipinski definition) is 1. The maximum Gasteiger partial charge on any atom is 0.243 e. The van der Waals surface area contributed by atoms with Crippen molar-refractivity contribution in [1.82, 2.24) is 10.2 Å². The van der Waals surface area contributed by atoms with Gasteiger partial charge < -0.3 is 10.2 Å². The predicted octanol–water partition coefficient (Wildman–Crippen LogP) is 6.67. The fraction of sp³-hybridized carbons (Fsp3) is 0.355. The highest BCUT2D eigenvalue weighted by Crippen LogP contribution is 2.20. The van der Waals surface area contributed by atoms with Crippen LogP contribution in [0.4, 0.5) is 0 Å². The summed E-state index contributed by atoms with van der Waals surface area (Å²) in [6.45, 7) is 7.36. The minimum absolute atomic E-state index is 0.0153. The van der Waals surface area contributed by atoms with Gasteiger partial charge in [-0.15, -0.1) is 0 Å². The number of benzene rings is 3. The van der Waals surface area contributed by atoms with Crippen LogP contribution in [0.2, 0.25) is 0 Å². The standard InChI is InChI=1S/C31H37BrN2O2/c1-4-20-33-31(36)29(21-25-8-6-5-7-9-25)34(22-26-12-17-28(32)18-13-26)30(35)19-14-24-10-15-27(16-11-24)23(2)3/h5-13,15-18,23,29H,4,14,19-22H2,1-3H3,(H,33,36)/t29-/m1/s1. The molecule has 3 aromatic rings. The third-order valence-electron chi connectivity index (χ3n) is 6.36. The first-order valence-corrected chi connectivity index (χ1v) is 13.6. The second kappa shape index (κ2) is 14.0. The van der Waals surface area contributed by atoms with Gasteiger partial charge in [-0.05, 0) is 53.1 Å². The van der Waals surface area contributed by atoms with E-state index in [1.807, 2.05) is 61.5 Å². The highest BCUT2D eigenvalue weighted by atomic mass is 79.9. The number of carbonyl (C=O) groups is 2. The second-order valence-corrected chi connectivity index (χ2v) is 10.5. The molecule has 0 unspecified atom stereocenters. The third-order valence-corrected chi connectivity index (χ3v) is 6.89. The van der Waals surface area contributed by atoms with E-state index in [-0.39, 0.29) is 11.8 Å². The number of amides is 2. The smallest absolute Gasteiger partial charge is 0.243 e. The van der Waals surface area contributed by atoms with Crippen LogP contribution in [0.1, 0.15) is 61.8 Å². The first kappa shape index (κ1) is 27.7. The van der Waals surface area contributed by atoms with Gasteiger partial charge in [0.2, 0.25) is 11.8 Å². The topological polar surface area (TPSA) is 49.4 Å². The van der Waals surface area contributed by atoms with Crippen molar-refractivity contribution in [3.05, 3.63) is 106 Å². The number of rotatable bonds is 12. The fourth-order valence-corrected chi connectivity index (χ4v) is 4.43. The monoisotopic (exact) mass is 548 g/mol. The highest BCUT2D eigenvalue weighted by Gasteiger charge is 2.30. The highest BCUT2D eigenvalue weighted by molar-refractivity contribution is 9.10. The van der Waals surface area contributed by atoms with Crippen LogP contribution in [-0.4, -0.2) is 29.3 Å².